The maximum absolute atomic E-state index is 6.04. The maximum atomic E-state index is 6.04. The molecule has 4 nitrogen and oxygen atoms in total. The highest BCUT2D eigenvalue weighted by Crippen LogP contribution is 2.40. The number of nitrogen functional groups attached to an aromatic ring is 1. The lowest BCUT2D eigenvalue weighted by molar-refractivity contribution is 0.413. The summed E-state index contributed by atoms with van der Waals surface area (Å²) >= 11 is 7.33. The van der Waals surface area contributed by atoms with E-state index in [9.17, 15) is 0 Å². The van der Waals surface area contributed by atoms with Gasteiger partial charge in [0.05, 0.1) is 7.11 Å². The molecule has 0 aliphatic heterocycles. The smallest absolute Gasteiger partial charge is 0.210 e. The van der Waals surface area contributed by atoms with Crippen LogP contribution in [0.15, 0.2) is 48.5 Å². The first kappa shape index (κ1) is 14.7. The van der Waals surface area contributed by atoms with Gasteiger partial charge in [0.2, 0.25) is 5.06 Å². The van der Waals surface area contributed by atoms with Gasteiger partial charge in [0.15, 0.2) is 5.13 Å². The molecular weight excluding hydrogens is 320 g/mol. The maximum Gasteiger partial charge on any atom is 0.210 e. The van der Waals surface area contributed by atoms with Crippen LogP contribution in [-0.4, -0.2) is 12.1 Å². The Morgan fingerprint density at radius 2 is 1.82 bits per heavy atom. The summed E-state index contributed by atoms with van der Waals surface area (Å²) in [5.74, 6) is 1.46. The molecule has 22 heavy (non-hydrogen) atoms. The largest absolute Gasteiger partial charge is 0.497 e. The van der Waals surface area contributed by atoms with E-state index in [0.29, 0.717) is 26.7 Å². The Morgan fingerprint density at radius 1 is 1.09 bits per heavy atom. The van der Waals surface area contributed by atoms with Crippen LogP contribution in [0.25, 0.3) is 11.3 Å². The van der Waals surface area contributed by atoms with Gasteiger partial charge < -0.3 is 15.2 Å². The molecule has 6 heteroatoms. The van der Waals surface area contributed by atoms with Gasteiger partial charge in [-0.15, -0.1) is 0 Å². The Hall–Kier alpha value is -2.24. The number of aromatic nitrogens is 1. The molecule has 3 rings (SSSR count). The van der Waals surface area contributed by atoms with E-state index >= 15 is 0 Å². The predicted octanol–water partition coefficient (Wildman–Crippen LogP) is 4.85. The Labute approximate surface area is 137 Å². The molecule has 1 heterocycles. The summed E-state index contributed by atoms with van der Waals surface area (Å²) in [4.78, 5) is 4.34. The molecular formula is C16H13ClN2O2S. The summed E-state index contributed by atoms with van der Waals surface area (Å²) in [6.07, 6.45) is 0. The van der Waals surface area contributed by atoms with Gasteiger partial charge in [-0.2, -0.15) is 0 Å². The first-order valence-electron chi connectivity index (χ1n) is 6.50. The molecule has 2 N–H and O–H groups in total. The van der Waals surface area contributed by atoms with Crippen LogP contribution in [0.3, 0.4) is 0 Å². The number of anilines is 1. The van der Waals surface area contributed by atoms with Crippen molar-refractivity contribution in [2.75, 3.05) is 12.8 Å². The number of hydrogen-bond donors (Lipinski definition) is 1. The lowest BCUT2D eigenvalue weighted by Crippen LogP contribution is -1.87. The van der Waals surface area contributed by atoms with Gasteiger partial charge in [0, 0.05) is 10.6 Å². The minimum Gasteiger partial charge on any atom is -0.497 e. The van der Waals surface area contributed by atoms with Crippen LogP contribution in [0.5, 0.6) is 16.6 Å². The van der Waals surface area contributed by atoms with E-state index in [0.717, 1.165) is 11.3 Å². The van der Waals surface area contributed by atoms with E-state index in [1.807, 2.05) is 48.5 Å². The molecule has 0 aliphatic rings. The molecule has 0 spiro atoms. The van der Waals surface area contributed by atoms with Crippen molar-refractivity contribution in [3.05, 3.63) is 53.6 Å². The summed E-state index contributed by atoms with van der Waals surface area (Å²) in [6, 6.07) is 14.7. The zero-order valence-corrected chi connectivity index (χ0v) is 13.3. The number of rotatable bonds is 4. The zero-order chi connectivity index (χ0) is 15.5. The highest BCUT2D eigenvalue weighted by atomic mass is 35.5. The van der Waals surface area contributed by atoms with Crippen molar-refractivity contribution < 1.29 is 9.47 Å². The summed E-state index contributed by atoms with van der Waals surface area (Å²) in [5.41, 5.74) is 7.37. The second kappa shape index (κ2) is 6.25. The zero-order valence-electron chi connectivity index (χ0n) is 11.7. The molecule has 0 saturated carbocycles. The van der Waals surface area contributed by atoms with Crippen LogP contribution < -0.4 is 15.2 Å². The topological polar surface area (TPSA) is 57.4 Å². The third-order valence-electron chi connectivity index (χ3n) is 2.98. The molecule has 0 aliphatic carbocycles. The molecule has 112 valence electrons. The number of thiazole rings is 1. The summed E-state index contributed by atoms with van der Waals surface area (Å²) in [7, 11) is 1.62. The lowest BCUT2D eigenvalue weighted by Gasteiger charge is -2.06. The van der Waals surface area contributed by atoms with Crippen molar-refractivity contribution in [3.63, 3.8) is 0 Å². The van der Waals surface area contributed by atoms with Crippen LogP contribution in [0.2, 0.25) is 5.02 Å². The Morgan fingerprint density at radius 3 is 2.50 bits per heavy atom. The molecule has 2 aromatic carbocycles. The van der Waals surface area contributed by atoms with Gasteiger partial charge >= 0.3 is 0 Å². The van der Waals surface area contributed by atoms with Crippen molar-refractivity contribution in [2.45, 2.75) is 0 Å². The van der Waals surface area contributed by atoms with Crippen LogP contribution >= 0.6 is 22.9 Å². The highest BCUT2D eigenvalue weighted by Gasteiger charge is 2.14. The third-order valence-corrected chi connectivity index (χ3v) is 3.98. The molecule has 0 fully saturated rings. The van der Waals surface area contributed by atoms with Crippen molar-refractivity contribution in [1.82, 2.24) is 4.98 Å². The summed E-state index contributed by atoms with van der Waals surface area (Å²) in [6.45, 7) is 0. The van der Waals surface area contributed by atoms with Crippen LogP contribution in [0.4, 0.5) is 5.13 Å². The van der Waals surface area contributed by atoms with E-state index < -0.39 is 0 Å². The van der Waals surface area contributed by atoms with Crippen molar-refractivity contribution in [2.24, 2.45) is 0 Å². The quantitative estimate of drug-likeness (QED) is 0.742. The van der Waals surface area contributed by atoms with Crippen LogP contribution in [-0.2, 0) is 0 Å². The predicted molar refractivity (Wildman–Crippen MR) is 90.0 cm³/mol. The number of methoxy groups -OCH3 is 1. The monoisotopic (exact) mass is 332 g/mol. The first-order chi connectivity index (χ1) is 10.7. The standard InChI is InChI=1S/C16H13ClN2O2S/c1-20-12-5-7-13(8-6-12)21-15-14(19-16(18)22-15)10-3-2-4-11(17)9-10/h2-9H,1H3,(H2,18,19). The number of ether oxygens (including phenoxy) is 2. The van der Waals surface area contributed by atoms with E-state index in [4.69, 9.17) is 26.8 Å². The summed E-state index contributed by atoms with van der Waals surface area (Å²) < 4.78 is 11.0. The van der Waals surface area contributed by atoms with E-state index in [1.165, 1.54) is 11.3 Å². The molecule has 0 radical (unpaired) electrons. The number of benzene rings is 2. The average molecular weight is 333 g/mol. The van der Waals surface area contributed by atoms with Gasteiger partial charge in [-0.1, -0.05) is 35.1 Å². The number of halogens is 1. The van der Waals surface area contributed by atoms with Crippen molar-refractivity contribution in [1.29, 1.82) is 0 Å². The van der Waals surface area contributed by atoms with Crippen molar-refractivity contribution in [3.8, 4) is 27.8 Å². The van der Waals surface area contributed by atoms with Crippen molar-refractivity contribution >= 4 is 28.1 Å². The minimum absolute atomic E-state index is 0.443. The van der Waals surface area contributed by atoms with Gasteiger partial charge in [-0.25, -0.2) is 4.98 Å². The number of nitrogens with zero attached hydrogens (tertiary/aromatic N) is 1. The fourth-order valence-electron chi connectivity index (χ4n) is 1.96. The normalized spacial score (nSPS) is 10.5. The second-order valence-electron chi connectivity index (χ2n) is 4.48. The first-order valence-corrected chi connectivity index (χ1v) is 7.69. The SMILES string of the molecule is COc1ccc(Oc2sc(N)nc2-c2cccc(Cl)c2)cc1. The van der Waals surface area contributed by atoms with E-state index in [1.54, 1.807) is 7.11 Å². The number of hydrogen-bond acceptors (Lipinski definition) is 5. The third kappa shape index (κ3) is 3.16. The fraction of sp³-hybridized carbons (Fsp3) is 0.0625. The van der Waals surface area contributed by atoms with Gasteiger partial charge in [0.25, 0.3) is 0 Å². The van der Waals surface area contributed by atoms with Gasteiger partial charge in [-0.3, -0.25) is 0 Å². The number of nitrogens with two attached hydrogens (primary N) is 1. The fourth-order valence-corrected chi connectivity index (χ4v) is 2.88. The molecule has 0 atom stereocenters. The molecule has 3 aromatic rings. The molecule has 0 bridgehead atoms. The Balaban J connectivity index is 1.93. The second-order valence-corrected chi connectivity index (χ2v) is 5.91. The lowest BCUT2D eigenvalue weighted by atomic mass is 10.2. The molecule has 0 saturated heterocycles. The highest BCUT2D eigenvalue weighted by molar-refractivity contribution is 7.17. The van der Waals surface area contributed by atoms with Gasteiger partial charge in [0.1, 0.15) is 17.2 Å². The Bertz CT molecular complexity index is 787. The van der Waals surface area contributed by atoms with Crippen LogP contribution in [0, 0.1) is 0 Å². The molecule has 0 unspecified atom stereocenters. The minimum atomic E-state index is 0.443. The summed E-state index contributed by atoms with van der Waals surface area (Å²) in [5, 5.41) is 1.71. The average Bonchev–Trinajstić information content (AvgIpc) is 2.89. The van der Waals surface area contributed by atoms with Crippen LogP contribution in [0.1, 0.15) is 0 Å². The van der Waals surface area contributed by atoms with E-state index in [2.05, 4.69) is 4.98 Å². The van der Waals surface area contributed by atoms with Gasteiger partial charge in [-0.05, 0) is 36.4 Å². The van der Waals surface area contributed by atoms with E-state index in [-0.39, 0.29) is 0 Å². The molecule has 0 amide bonds. The molecule has 1 aromatic heterocycles. The Kier molecular flexibility index (Phi) is 4.18.